The number of imidazole rings is 1. The predicted octanol–water partition coefficient (Wildman–Crippen LogP) is 3.84. The van der Waals surface area contributed by atoms with Gasteiger partial charge < -0.3 is 10.1 Å². The lowest BCUT2D eigenvalue weighted by Crippen LogP contribution is -2.29. The number of nitrogens with zero attached hydrogens (tertiary/aromatic N) is 2. The fourth-order valence-corrected chi connectivity index (χ4v) is 3.70. The fourth-order valence-electron chi connectivity index (χ4n) is 3.52. The van der Waals surface area contributed by atoms with Crippen LogP contribution in [0.2, 0.25) is 5.02 Å². The third-order valence-corrected chi connectivity index (χ3v) is 4.91. The lowest BCUT2D eigenvalue weighted by Gasteiger charge is -2.19. The van der Waals surface area contributed by atoms with E-state index in [9.17, 15) is 9.59 Å². The van der Waals surface area contributed by atoms with Crippen LogP contribution in [-0.2, 0) is 4.74 Å². The summed E-state index contributed by atoms with van der Waals surface area (Å²) >= 11 is 6.27. The lowest BCUT2D eigenvalue weighted by atomic mass is 9.97. The first-order valence-corrected chi connectivity index (χ1v) is 9.31. The van der Waals surface area contributed by atoms with Crippen LogP contribution in [0, 0.1) is 6.92 Å². The molecule has 28 heavy (non-hydrogen) atoms. The van der Waals surface area contributed by atoms with E-state index in [2.05, 4.69) is 10.3 Å². The SMILES string of the molecule is CCOC(=O)c1nc(C)n2c1C(=O)NC(c1ccccc1)c1cc(Cl)ccc1-2. The van der Waals surface area contributed by atoms with Gasteiger partial charge in [0.2, 0.25) is 0 Å². The van der Waals surface area contributed by atoms with Gasteiger partial charge in [0.25, 0.3) is 5.91 Å². The minimum Gasteiger partial charge on any atom is -0.461 e. The maximum absolute atomic E-state index is 13.2. The van der Waals surface area contributed by atoms with Crippen molar-refractivity contribution in [1.82, 2.24) is 14.9 Å². The molecule has 142 valence electrons. The molecule has 1 unspecified atom stereocenters. The second-order valence-corrected chi connectivity index (χ2v) is 6.87. The first-order chi connectivity index (χ1) is 13.5. The number of amides is 1. The highest BCUT2D eigenvalue weighted by Gasteiger charge is 2.34. The lowest BCUT2D eigenvalue weighted by molar-refractivity contribution is 0.0516. The van der Waals surface area contributed by atoms with Crippen molar-refractivity contribution in [3.8, 4) is 5.69 Å². The highest BCUT2D eigenvalue weighted by molar-refractivity contribution is 6.30. The summed E-state index contributed by atoms with van der Waals surface area (Å²) in [6, 6.07) is 14.6. The van der Waals surface area contributed by atoms with Crippen LogP contribution in [-0.4, -0.2) is 28.0 Å². The van der Waals surface area contributed by atoms with Crippen LogP contribution >= 0.6 is 11.6 Å². The number of carbonyl (C=O) groups excluding carboxylic acids is 2. The molecule has 0 saturated carbocycles. The number of nitrogens with one attached hydrogen (secondary N) is 1. The second-order valence-electron chi connectivity index (χ2n) is 6.43. The third kappa shape index (κ3) is 2.96. The molecule has 1 aliphatic rings. The molecule has 0 bridgehead atoms. The molecule has 1 N–H and O–H groups in total. The van der Waals surface area contributed by atoms with Crippen LogP contribution in [0.15, 0.2) is 48.5 Å². The van der Waals surface area contributed by atoms with Gasteiger partial charge in [0.15, 0.2) is 5.69 Å². The van der Waals surface area contributed by atoms with E-state index in [4.69, 9.17) is 16.3 Å². The second kappa shape index (κ2) is 7.13. The Kier molecular flexibility index (Phi) is 4.65. The van der Waals surface area contributed by atoms with Gasteiger partial charge >= 0.3 is 5.97 Å². The number of fused-ring (bicyclic) bond motifs is 3. The Hall–Kier alpha value is -3.12. The van der Waals surface area contributed by atoms with E-state index in [1.165, 1.54) is 0 Å². The molecule has 1 aliphatic heterocycles. The minimum atomic E-state index is -0.622. The van der Waals surface area contributed by atoms with Crippen LogP contribution in [0.1, 0.15) is 50.9 Å². The van der Waals surface area contributed by atoms with Crippen LogP contribution < -0.4 is 5.32 Å². The number of ether oxygens (including phenoxy) is 1. The summed E-state index contributed by atoms with van der Waals surface area (Å²) in [6.07, 6.45) is 0. The molecule has 7 heteroatoms. The molecule has 1 atom stereocenters. The van der Waals surface area contributed by atoms with E-state index in [1.807, 2.05) is 42.5 Å². The smallest absolute Gasteiger partial charge is 0.359 e. The predicted molar refractivity (Wildman–Crippen MR) is 105 cm³/mol. The highest BCUT2D eigenvalue weighted by Crippen LogP contribution is 2.35. The summed E-state index contributed by atoms with van der Waals surface area (Å²) in [4.78, 5) is 29.9. The number of benzene rings is 2. The van der Waals surface area contributed by atoms with Gasteiger partial charge in [-0.05, 0) is 37.6 Å². The number of esters is 1. The minimum absolute atomic E-state index is 0.00598. The molecule has 0 saturated heterocycles. The molecule has 2 heterocycles. The van der Waals surface area contributed by atoms with Gasteiger partial charge in [-0.25, -0.2) is 9.78 Å². The summed E-state index contributed by atoms with van der Waals surface area (Å²) < 4.78 is 6.79. The Bertz CT molecular complexity index is 1080. The number of hydrogen-bond donors (Lipinski definition) is 1. The van der Waals surface area contributed by atoms with E-state index >= 15 is 0 Å². The third-order valence-electron chi connectivity index (χ3n) is 4.68. The Morgan fingerprint density at radius 2 is 2.00 bits per heavy atom. The summed E-state index contributed by atoms with van der Waals surface area (Å²) in [5, 5.41) is 3.58. The van der Waals surface area contributed by atoms with Gasteiger partial charge in [-0.1, -0.05) is 41.9 Å². The quantitative estimate of drug-likeness (QED) is 0.684. The molecule has 3 aromatic rings. The molecular formula is C21H18ClN3O3. The van der Waals surface area contributed by atoms with Gasteiger partial charge in [0, 0.05) is 10.6 Å². The van der Waals surface area contributed by atoms with E-state index in [0.29, 0.717) is 10.8 Å². The summed E-state index contributed by atoms with van der Waals surface area (Å²) in [7, 11) is 0. The van der Waals surface area contributed by atoms with E-state index in [-0.39, 0.29) is 18.0 Å². The molecule has 4 rings (SSSR count). The Balaban J connectivity index is 1.98. The molecule has 1 aromatic heterocycles. The summed E-state index contributed by atoms with van der Waals surface area (Å²) in [5.41, 5.74) is 2.65. The molecule has 0 fully saturated rings. The number of carbonyl (C=O) groups is 2. The van der Waals surface area contributed by atoms with Crippen molar-refractivity contribution in [2.75, 3.05) is 6.61 Å². The van der Waals surface area contributed by atoms with Crippen LogP contribution in [0.5, 0.6) is 0 Å². The number of rotatable bonds is 3. The van der Waals surface area contributed by atoms with E-state index < -0.39 is 17.9 Å². The van der Waals surface area contributed by atoms with Crippen molar-refractivity contribution in [1.29, 1.82) is 0 Å². The Morgan fingerprint density at radius 3 is 2.71 bits per heavy atom. The van der Waals surface area contributed by atoms with Crippen molar-refractivity contribution in [3.05, 3.63) is 81.9 Å². The maximum atomic E-state index is 13.2. The van der Waals surface area contributed by atoms with Gasteiger partial charge in [-0.2, -0.15) is 0 Å². The Labute approximate surface area is 167 Å². The van der Waals surface area contributed by atoms with E-state index in [1.54, 1.807) is 24.5 Å². The largest absolute Gasteiger partial charge is 0.461 e. The zero-order valence-electron chi connectivity index (χ0n) is 15.4. The van der Waals surface area contributed by atoms with Gasteiger partial charge in [0.05, 0.1) is 18.3 Å². The van der Waals surface area contributed by atoms with Crippen molar-refractivity contribution < 1.29 is 14.3 Å². The molecule has 1 amide bonds. The van der Waals surface area contributed by atoms with Gasteiger partial charge in [-0.15, -0.1) is 0 Å². The van der Waals surface area contributed by atoms with Crippen molar-refractivity contribution >= 4 is 23.5 Å². The van der Waals surface area contributed by atoms with Gasteiger partial charge in [-0.3, -0.25) is 9.36 Å². The van der Waals surface area contributed by atoms with Crippen molar-refractivity contribution in [2.45, 2.75) is 19.9 Å². The normalized spacial score (nSPS) is 15.2. The Morgan fingerprint density at radius 1 is 1.25 bits per heavy atom. The number of hydrogen-bond acceptors (Lipinski definition) is 4. The van der Waals surface area contributed by atoms with Crippen molar-refractivity contribution in [2.24, 2.45) is 0 Å². The average Bonchev–Trinajstić information content (AvgIpc) is 2.98. The number of aromatic nitrogens is 2. The van der Waals surface area contributed by atoms with Crippen molar-refractivity contribution in [3.63, 3.8) is 0 Å². The maximum Gasteiger partial charge on any atom is 0.359 e. The number of halogens is 1. The van der Waals surface area contributed by atoms with Crippen LogP contribution in [0.3, 0.4) is 0 Å². The monoisotopic (exact) mass is 395 g/mol. The molecular weight excluding hydrogens is 378 g/mol. The summed E-state index contributed by atoms with van der Waals surface area (Å²) in [5.74, 6) is -0.501. The van der Waals surface area contributed by atoms with E-state index in [0.717, 1.165) is 16.8 Å². The first kappa shape index (κ1) is 18.3. The number of aryl methyl sites for hydroxylation is 1. The molecule has 0 aliphatic carbocycles. The molecule has 0 spiro atoms. The topological polar surface area (TPSA) is 73.2 Å². The molecule has 6 nitrogen and oxygen atoms in total. The standard InChI is InChI=1S/C21H18ClN3O3/c1-3-28-21(27)18-19-20(26)24-17(13-7-5-4-6-8-13)15-11-14(22)9-10-16(15)25(19)12(2)23-18/h4-11,17H,3H2,1-2H3,(H,24,26). The summed E-state index contributed by atoms with van der Waals surface area (Å²) in [6.45, 7) is 3.66. The zero-order chi connectivity index (χ0) is 19.8. The van der Waals surface area contributed by atoms with Crippen LogP contribution in [0.4, 0.5) is 0 Å². The first-order valence-electron chi connectivity index (χ1n) is 8.93. The van der Waals surface area contributed by atoms with Gasteiger partial charge in [0.1, 0.15) is 11.5 Å². The molecule has 0 radical (unpaired) electrons. The van der Waals surface area contributed by atoms with Crippen LogP contribution in [0.25, 0.3) is 5.69 Å². The fraction of sp³-hybridized carbons (Fsp3) is 0.190. The zero-order valence-corrected chi connectivity index (χ0v) is 16.2. The molecule has 2 aromatic carbocycles. The average molecular weight is 396 g/mol. The highest BCUT2D eigenvalue weighted by atomic mass is 35.5.